The van der Waals surface area contributed by atoms with Gasteiger partial charge in [0, 0.05) is 34.9 Å². The van der Waals surface area contributed by atoms with Crippen LogP contribution in [0.5, 0.6) is 0 Å². The molecular weight excluding hydrogens is 292 g/mol. The Kier molecular flexibility index (Phi) is 4.75. The van der Waals surface area contributed by atoms with Gasteiger partial charge in [0.05, 0.1) is 0 Å². The van der Waals surface area contributed by atoms with E-state index in [1.54, 1.807) is 0 Å². The lowest BCUT2D eigenvalue weighted by molar-refractivity contribution is 0.623. The van der Waals surface area contributed by atoms with Crippen LogP contribution in [-0.2, 0) is 0 Å². The van der Waals surface area contributed by atoms with Gasteiger partial charge < -0.3 is 9.55 Å². The number of aromatic amines is 1. The third-order valence-corrected chi connectivity index (χ3v) is 4.43. The van der Waals surface area contributed by atoms with E-state index >= 15 is 0 Å². The predicted molar refractivity (Wildman–Crippen MR) is 105 cm³/mol. The number of H-pyrrole nitrogens is 1. The minimum Gasteiger partial charge on any atom is -0.361 e. The summed E-state index contributed by atoms with van der Waals surface area (Å²) in [6, 6.07) is 19.6. The first-order valence-electron chi connectivity index (χ1n) is 8.69. The van der Waals surface area contributed by atoms with Gasteiger partial charge in [-0.05, 0) is 48.9 Å². The fourth-order valence-electron chi connectivity index (χ4n) is 3.13. The fraction of sp³-hybridized carbons (Fsp3) is 0.273. The van der Waals surface area contributed by atoms with Gasteiger partial charge in [0.25, 0.3) is 0 Å². The third-order valence-electron chi connectivity index (χ3n) is 4.43. The standard InChI is InChI=1S/2C11H13N/c1-9(2)12-8-7-10-5-3-4-6-11(10)12;1-8(2)10-7-12-11-6-4-3-5-9(10)11/h3-9H,1-2H3;3-8,12H,1-2H3. The molecule has 0 aliphatic heterocycles. The number of fused-ring (bicyclic) bond motifs is 2. The maximum atomic E-state index is 3.27. The normalized spacial score (nSPS) is 11.2. The molecule has 0 saturated heterocycles. The van der Waals surface area contributed by atoms with E-state index in [2.05, 4.69) is 104 Å². The molecule has 2 aromatic heterocycles. The van der Waals surface area contributed by atoms with Crippen LogP contribution in [0.4, 0.5) is 0 Å². The monoisotopic (exact) mass is 318 g/mol. The Morgan fingerprint density at radius 3 is 2.29 bits per heavy atom. The molecule has 1 N–H and O–H groups in total. The first-order chi connectivity index (χ1) is 11.6. The number of aromatic nitrogens is 2. The highest BCUT2D eigenvalue weighted by Crippen LogP contribution is 2.24. The first-order valence-corrected chi connectivity index (χ1v) is 8.69. The Morgan fingerprint density at radius 1 is 0.833 bits per heavy atom. The van der Waals surface area contributed by atoms with Crippen LogP contribution in [0.25, 0.3) is 21.8 Å². The Hall–Kier alpha value is -2.48. The average molecular weight is 318 g/mol. The zero-order valence-corrected chi connectivity index (χ0v) is 15.0. The molecule has 0 aliphatic rings. The van der Waals surface area contributed by atoms with E-state index in [0.717, 1.165) is 0 Å². The van der Waals surface area contributed by atoms with E-state index in [-0.39, 0.29) is 0 Å². The predicted octanol–water partition coefficient (Wildman–Crippen LogP) is 6.51. The molecule has 124 valence electrons. The van der Waals surface area contributed by atoms with Crippen LogP contribution in [0, 0.1) is 0 Å². The molecule has 2 heteroatoms. The molecule has 0 unspecified atom stereocenters. The summed E-state index contributed by atoms with van der Waals surface area (Å²) in [5.41, 5.74) is 3.97. The van der Waals surface area contributed by atoms with Crippen molar-refractivity contribution in [3.63, 3.8) is 0 Å². The van der Waals surface area contributed by atoms with Gasteiger partial charge >= 0.3 is 0 Å². The van der Waals surface area contributed by atoms with Gasteiger partial charge in [0.1, 0.15) is 0 Å². The smallest absolute Gasteiger partial charge is 0.0482 e. The van der Waals surface area contributed by atoms with Crippen molar-refractivity contribution in [2.24, 2.45) is 0 Å². The summed E-state index contributed by atoms with van der Waals surface area (Å²) in [5.74, 6) is 0.598. The van der Waals surface area contributed by atoms with Gasteiger partial charge in [-0.2, -0.15) is 0 Å². The summed E-state index contributed by atoms with van der Waals surface area (Å²) in [4.78, 5) is 3.27. The average Bonchev–Trinajstić information content (AvgIpc) is 3.19. The van der Waals surface area contributed by atoms with Crippen LogP contribution < -0.4 is 0 Å². The van der Waals surface area contributed by atoms with Crippen molar-refractivity contribution in [1.29, 1.82) is 0 Å². The van der Waals surface area contributed by atoms with Crippen molar-refractivity contribution in [2.45, 2.75) is 39.7 Å². The highest BCUT2D eigenvalue weighted by atomic mass is 15.0. The van der Waals surface area contributed by atoms with Gasteiger partial charge in [-0.3, -0.25) is 0 Å². The number of hydrogen-bond acceptors (Lipinski definition) is 0. The van der Waals surface area contributed by atoms with E-state index < -0.39 is 0 Å². The molecule has 0 radical (unpaired) electrons. The van der Waals surface area contributed by atoms with Gasteiger partial charge in [-0.15, -0.1) is 0 Å². The first kappa shape index (κ1) is 16.4. The topological polar surface area (TPSA) is 20.7 Å². The lowest BCUT2D eigenvalue weighted by atomic mass is 10.0. The Labute approximate surface area is 144 Å². The van der Waals surface area contributed by atoms with Crippen molar-refractivity contribution in [2.75, 3.05) is 0 Å². The Balaban J connectivity index is 0.000000141. The van der Waals surface area contributed by atoms with Crippen LogP contribution in [0.15, 0.2) is 67.0 Å². The number of rotatable bonds is 2. The quantitative estimate of drug-likeness (QED) is 0.435. The third kappa shape index (κ3) is 3.23. The second-order valence-corrected chi connectivity index (χ2v) is 6.82. The lowest BCUT2D eigenvalue weighted by Gasteiger charge is -2.08. The van der Waals surface area contributed by atoms with E-state index in [1.807, 2.05) is 0 Å². The van der Waals surface area contributed by atoms with Crippen molar-refractivity contribution in [3.8, 4) is 0 Å². The second-order valence-electron chi connectivity index (χ2n) is 6.82. The molecule has 0 amide bonds. The molecule has 24 heavy (non-hydrogen) atoms. The highest BCUT2D eigenvalue weighted by Gasteiger charge is 2.05. The molecule has 0 aliphatic carbocycles. The van der Waals surface area contributed by atoms with Crippen LogP contribution in [0.2, 0.25) is 0 Å². The summed E-state index contributed by atoms with van der Waals surface area (Å²) in [7, 11) is 0. The SMILES string of the molecule is CC(C)c1c[nH]c2ccccc12.CC(C)n1ccc2ccccc21. The number of nitrogens with one attached hydrogen (secondary N) is 1. The minimum atomic E-state index is 0.546. The van der Waals surface area contributed by atoms with Crippen molar-refractivity contribution in [3.05, 3.63) is 72.6 Å². The minimum absolute atomic E-state index is 0.546. The van der Waals surface area contributed by atoms with Gasteiger partial charge in [-0.25, -0.2) is 0 Å². The summed E-state index contributed by atoms with van der Waals surface area (Å²) in [6.45, 7) is 8.84. The molecule has 2 aromatic carbocycles. The second kappa shape index (κ2) is 6.96. The molecule has 2 nitrogen and oxygen atoms in total. The molecule has 0 fully saturated rings. The molecule has 2 heterocycles. The number of nitrogens with zero attached hydrogens (tertiary/aromatic N) is 1. The van der Waals surface area contributed by atoms with E-state index in [0.29, 0.717) is 12.0 Å². The van der Waals surface area contributed by atoms with Crippen LogP contribution in [0.3, 0.4) is 0 Å². The van der Waals surface area contributed by atoms with Crippen LogP contribution >= 0.6 is 0 Å². The Morgan fingerprint density at radius 2 is 1.54 bits per heavy atom. The number of hydrogen-bond donors (Lipinski definition) is 1. The van der Waals surface area contributed by atoms with Crippen LogP contribution in [0.1, 0.15) is 45.2 Å². The zero-order chi connectivity index (χ0) is 17.1. The molecule has 4 aromatic rings. The molecule has 4 rings (SSSR count). The molecular formula is C22H26N2. The van der Waals surface area contributed by atoms with Crippen molar-refractivity contribution in [1.82, 2.24) is 9.55 Å². The lowest BCUT2D eigenvalue weighted by Crippen LogP contribution is -1.97. The summed E-state index contributed by atoms with van der Waals surface area (Å²) >= 11 is 0. The Bertz CT molecular complexity index is 847. The summed E-state index contributed by atoms with van der Waals surface area (Å²) in [6.07, 6.45) is 4.25. The number of para-hydroxylation sites is 2. The van der Waals surface area contributed by atoms with Crippen LogP contribution in [-0.4, -0.2) is 9.55 Å². The van der Waals surface area contributed by atoms with E-state index in [4.69, 9.17) is 0 Å². The summed E-state index contributed by atoms with van der Waals surface area (Å²) in [5, 5.41) is 2.68. The maximum absolute atomic E-state index is 3.27. The van der Waals surface area contributed by atoms with Gasteiger partial charge in [-0.1, -0.05) is 50.2 Å². The summed E-state index contributed by atoms with van der Waals surface area (Å²) < 4.78 is 2.29. The van der Waals surface area contributed by atoms with Crippen molar-refractivity contribution < 1.29 is 0 Å². The highest BCUT2D eigenvalue weighted by molar-refractivity contribution is 5.83. The molecule has 0 bridgehead atoms. The van der Waals surface area contributed by atoms with E-state index in [1.165, 1.54) is 27.4 Å². The molecule has 0 atom stereocenters. The van der Waals surface area contributed by atoms with Gasteiger partial charge in [0.2, 0.25) is 0 Å². The maximum Gasteiger partial charge on any atom is 0.0482 e. The van der Waals surface area contributed by atoms with E-state index in [9.17, 15) is 0 Å². The van der Waals surface area contributed by atoms with Gasteiger partial charge in [0.15, 0.2) is 0 Å². The fourth-order valence-corrected chi connectivity index (χ4v) is 3.13. The molecule has 0 spiro atoms. The molecule has 0 saturated carbocycles. The largest absolute Gasteiger partial charge is 0.361 e. The zero-order valence-electron chi connectivity index (χ0n) is 15.0. The van der Waals surface area contributed by atoms with Crippen molar-refractivity contribution >= 4 is 21.8 Å². The number of benzene rings is 2.